The third kappa shape index (κ3) is 3.99. The minimum absolute atomic E-state index is 0.137. The first-order chi connectivity index (χ1) is 16.2. The van der Waals surface area contributed by atoms with Gasteiger partial charge in [0.2, 0.25) is 0 Å². The molecule has 9 heteroatoms. The van der Waals surface area contributed by atoms with Crippen molar-refractivity contribution in [3.05, 3.63) is 88.5 Å². The van der Waals surface area contributed by atoms with E-state index in [0.29, 0.717) is 11.1 Å². The molecule has 1 aliphatic rings. The van der Waals surface area contributed by atoms with Crippen molar-refractivity contribution in [1.82, 2.24) is 9.88 Å². The summed E-state index contributed by atoms with van der Waals surface area (Å²) in [4.78, 5) is 50.4. The molecule has 3 aromatic rings. The second kappa shape index (κ2) is 8.78. The van der Waals surface area contributed by atoms with Gasteiger partial charge in [-0.05, 0) is 80.1 Å². The van der Waals surface area contributed by atoms with Crippen LogP contribution in [-0.4, -0.2) is 35.5 Å². The number of nitrogens with one attached hydrogen (secondary N) is 1. The number of urea groups is 1. The first-order valence-electron chi connectivity index (χ1n) is 10.3. The van der Waals surface area contributed by atoms with Crippen LogP contribution in [0.5, 0.6) is 0 Å². The van der Waals surface area contributed by atoms with Gasteiger partial charge in [-0.1, -0.05) is 0 Å². The molecule has 1 aliphatic heterocycles. The maximum atomic E-state index is 13.3. The number of methoxy groups -OCH3 is 1. The number of halogens is 1. The molecule has 34 heavy (non-hydrogen) atoms. The third-order valence-corrected chi connectivity index (χ3v) is 5.50. The van der Waals surface area contributed by atoms with E-state index < -0.39 is 29.6 Å². The van der Waals surface area contributed by atoms with Crippen LogP contribution in [0, 0.1) is 19.7 Å². The predicted molar refractivity (Wildman–Crippen MR) is 122 cm³/mol. The Balaban J connectivity index is 1.71. The average molecular weight is 461 g/mol. The molecule has 0 unspecified atom stereocenters. The van der Waals surface area contributed by atoms with Gasteiger partial charge in [-0.3, -0.25) is 14.9 Å². The standard InChI is InChI=1S/C25H20FN3O5/c1-14-12-17(15(2)28(14)19-8-4-16(5-9-19)24(32)34-3)13-21-22(30)27-25(33)29(23(21)31)20-10-6-18(26)7-11-20/h4-13H,1-3H3,(H,27,30,33)/b21-13-. The van der Waals surface area contributed by atoms with Crippen molar-refractivity contribution in [2.75, 3.05) is 12.0 Å². The molecule has 0 aliphatic carbocycles. The Kier molecular flexibility index (Phi) is 5.85. The number of esters is 1. The number of nitrogens with zero attached hydrogens (tertiary/aromatic N) is 2. The van der Waals surface area contributed by atoms with Gasteiger partial charge in [-0.2, -0.15) is 0 Å². The number of benzene rings is 2. The fourth-order valence-corrected chi connectivity index (χ4v) is 3.83. The topological polar surface area (TPSA) is 97.7 Å². The van der Waals surface area contributed by atoms with Gasteiger partial charge in [0.25, 0.3) is 11.8 Å². The van der Waals surface area contributed by atoms with Crippen molar-refractivity contribution in [3.63, 3.8) is 0 Å². The second-order valence-electron chi connectivity index (χ2n) is 7.63. The monoisotopic (exact) mass is 461 g/mol. The molecule has 4 rings (SSSR count). The lowest BCUT2D eigenvalue weighted by Gasteiger charge is -2.26. The van der Waals surface area contributed by atoms with Crippen LogP contribution in [0.4, 0.5) is 14.9 Å². The number of rotatable bonds is 4. The molecule has 1 saturated heterocycles. The molecule has 2 aromatic carbocycles. The summed E-state index contributed by atoms with van der Waals surface area (Å²) in [6, 6.07) is 12.5. The normalized spacial score (nSPS) is 15.0. The molecular weight excluding hydrogens is 441 g/mol. The number of hydrogen-bond donors (Lipinski definition) is 1. The number of ether oxygens (including phenoxy) is 1. The smallest absolute Gasteiger partial charge is 0.337 e. The van der Waals surface area contributed by atoms with Crippen LogP contribution in [0.3, 0.4) is 0 Å². The average Bonchev–Trinajstić information content (AvgIpc) is 3.10. The van der Waals surface area contributed by atoms with Gasteiger partial charge in [-0.25, -0.2) is 18.9 Å². The van der Waals surface area contributed by atoms with Crippen molar-refractivity contribution in [1.29, 1.82) is 0 Å². The maximum absolute atomic E-state index is 13.3. The molecular formula is C25H20FN3O5. The van der Waals surface area contributed by atoms with Gasteiger partial charge in [-0.15, -0.1) is 0 Å². The Morgan fingerprint density at radius 2 is 1.59 bits per heavy atom. The molecule has 1 aromatic heterocycles. The SMILES string of the molecule is COC(=O)c1ccc(-n2c(C)cc(/C=C3/C(=O)NC(=O)N(c4ccc(F)cc4)C3=O)c2C)cc1. The van der Waals surface area contributed by atoms with Gasteiger partial charge >= 0.3 is 12.0 Å². The molecule has 4 amide bonds. The number of barbiturate groups is 1. The van der Waals surface area contributed by atoms with Crippen molar-refractivity contribution >= 4 is 35.6 Å². The number of carbonyl (C=O) groups excluding carboxylic acids is 4. The number of hydrogen-bond acceptors (Lipinski definition) is 5. The van der Waals surface area contributed by atoms with E-state index in [0.717, 1.165) is 34.1 Å². The van der Waals surface area contributed by atoms with Crippen LogP contribution in [0.2, 0.25) is 0 Å². The first-order valence-corrected chi connectivity index (χ1v) is 10.3. The van der Waals surface area contributed by atoms with Crippen LogP contribution < -0.4 is 10.2 Å². The minimum Gasteiger partial charge on any atom is -0.465 e. The highest BCUT2D eigenvalue weighted by Crippen LogP contribution is 2.26. The largest absolute Gasteiger partial charge is 0.465 e. The van der Waals surface area contributed by atoms with E-state index in [9.17, 15) is 23.6 Å². The van der Waals surface area contributed by atoms with Crippen molar-refractivity contribution in [3.8, 4) is 5.69 Å². The van der Waals surface area contributed by atoms with Crippen LogP contribution in [0.1, 0.15) is 27.3 Å². The van der Waals surface area contributed by atoms with Gasteiger partial charge in [0.1, 0.15) is 11.4 Å². The van der Waals surface area contributed by atoms with E-state index in [2.05, 4.69) is 5.32 Å². The molecule has 0 atom stereocenters. The van der Waals surface area contributed by atoms with E-state index in [1.165, 1.54) is 25.3 Å². The highest BCUT2D eigenvalue weighted by atomic mass is 19.1. The number of anilines is 1. The van der Waals surface area contributed by atoms with E-state index in [-0.39, 0.29) is 11.3 Å². The van der Waals surface area contributed by atoms with E-state index in [1.807, 2.05) is 18.4 Å². The molecule has 0 saturated carbocycles. The third-order valence-electron chi connectivity index (χ3n) is 5.50. The molecule has 0 spiro atoms. The van der Waals surface area contributed by atoms with E-state index in [4.69, 9.17) is 4.74 Å². The predicted octanol–water partition coefficient (Wildman–Crippen LogP) is 3.69. The van der Waals surface area contributed by atoms with E-state index >= 15 is 0 Å². The van der Waals surface area contributed by atoms with Crippen molar-refractivity contribution in [2.45, 2.75) is 13.8 Å². The Hall–Kier alpha value is -4.53. The van der Waals surface area contributed by atoms with Gasteiger partial charge in [0.05, 0.1) is 18.4 Å². The maximum Gasteiger partial charge on any atom is 0.337 e. The summed E-state index contributed by atoms with van der Waals surface area (Å²) in [5.41, 5.74) is 3.25. The summed E-state index contributed by atoms with van der Waals surface area (Å²) >= 11 is 0. The molecule has 8 nitrogen and oxygen atoms in total. The number of aromatic nitrogens is 1. The lowest BCUT2D eigenvalue weighted by Crippen LogP contribution is -2.54. The highest BCUT2D eigenvalue weighted by molar-refractivity contribution is 6.39. The summed E-state index contributed by atoms with van der Waals surface area (Å²) in [6.07, 6.45) is 1.42. The zero-order valence-electron chi connectivity index (χ0n) is 18.6. The lowest BCUT2D eigenvalue weighted by molar-refractivity contribution is -0.122. The summed E-state index contributed by atoms with van der Waals surface area (Å²) in [6.45, 7) is 3.68. The highest BCUT2D eigenvalue weighted by Gasteiger charge is 2.37. The second-order valence-corrected chi connectivity index (χ2v) is 7.63. The van der Waals surface area contributed by atoms with Crippen LogP contribution in [0.15, 0.2) is 60.2 Å². The fourth-order valence-electron chi connectivity index (χ4n) is 3.83. The number of aryl methyl sites for hydroxylation is 1. The quantitative estimate of drug-likeness (QED) is 0.363. The van der Waals surface area contributed by atoms with Gasteiger partial charge in [0.15, 0.2) is 0 Å². The first kappa shape index (κ1) is 22.7. The zero-order valence-corrected chi connectivity index (χ0v) is 18.6. The lowest BCUT2D eigenvalue weighted by atomic mass is 10.1. The molecule has 0 bridgehead atoms. The molecule has 1 N–H and O–H groups in total. The van der Waals surface area contributed by atoms with Crippen LogP contribution in [0.25, 0.3) is 11.8 Å². The number of imide groups is 2. The number of amides is 4. The minimum atomic E-state index is -0.907. The summed E-state index contributed by atoms with van der Waals surface area (Å²) in [5, 5.41) is 2.15. The molecule has 1 fully saturated rings. The summed E-state index contributed by atoms with van der Waals surface area (Å²) in [7, 11) is 1.31. The fraction of sp³-hybridized carbons (Fsp3) is 0.120. The summed E-state index contributed by atoms with van der Waals surface area (Å²) in [5.74, 6) is -2.60. The van der Waals surface area contributed by atoms with Crippen molar-refractivity contribution in [2.24, 2.45) is 0 Å². The Bertz CT molecular complexity index is 1350. The van der Waals surface area contributed by atoms with Crippen LogP contribution >= 0.6 is 0 Å². The molecule has 2 heterocycles. The van der Waals surface area contributed by atoms with Crippen LogP contribution in [-0.2, 0) is 14.3 Å². The van der Waals surface area contributed by atoms with Crippen molar-refractivity contribution < 1.29 is 28.3 Å². The Morgan fingerprint density at radius 1 is 0.971 bits per heavy atom. The Labute approximate surface area is 194 Å². The number of carbonyl (C=O) groups is 4. The van der Waals surface area contributed by atoms with Gasteiger partial charge < -0.3 is 9.30 Å². The van der Waals surface area contributed by atoms with Gasteiger partial charge in [0, 0.05) is 17.1 Å². The zero-order chi connectivity index (χ0) is 24.6. The molecule has 0 radical (unpaired) electrons. The molecule has 172 valence electrons. The Morgan fingerprint density at radius 3 is 2.21 bits per heavy atom. The van der Waals surface area contributed by atoms with E-state index in [1.54, 1.807) is 30.3 Å². The summed E-state index contributed by atoms with van der Waals surface area (Å²) < 4.78 is 19.9.